The molecule has 0 unspecified atom stereocenters. The van der Waals surface area contributed by atoms with Gasteiger partial charge in [-0.2, -0.15) is 5.10 Å². The molecular formula is C25H24N4O5S. The fourth-order valence-electron chi connectivity index (χ4n) is 3.55. The monoisotopic (exact) mass is 492 g/mol. The van der Waals surface area contributed by atoms with E-state index in [0.29, 0.717) is 16.5 Å². The number of carbonyl (C=O) groups is 1. The van der Waals surface area contributed by atoms with E-state index in [1.165, 1.54) is 30.8 Å². The minimum absolute atomic E-state index is 0.0888. The van der Waals surface area contributed by atoms with E-state index in [0.717, 1.165) is 5.56 Å². The quantitative estimate of drug-likeness (QED) is 0.389. The predicted molar refractivity (Wildman–Crippen MR) is 136 cm³/mol. The number of benzene rings is 3. The molecular weight excluding hydrogens is 468 g/mol. The van der Waals surface area contributed by atoms with Crippen LogP contribution in [0.1, 0.15) is 23.0 Å². The minimum Gasteiger partial charge on any atom is -0.494 e. The third kappa shape index (κ3) is 5.33. The molecule has 0 spiro atoms. The number of nitrogens with zero attached hydrogens (tertiary/aromatic N) is 2. The van der Waals surface area contributed by atoms with Crippen LogP contribution in [0.15, 0.2) is 77.6 Å². The van der Waals surface area contributed by atoms with Gasteiger partial charge in [-0.15, -0.1) is 0 Å². The number of hydrogen-bond donors (Lipinski definition) is 2. The Morgan fingerprint density at radius 3 is 2.37 bits per heavy atom. The Morgan fingerprint density at radius 2 is 1.69 bits per heavy atom. The Kier molecular flexibility index (Phi) is 6.83. The number of hydrogen-bond acceptors (Lipinski definition) is 6. The van der Waals surface area contributed by atoms with E-state index in [1.807, 2.05) is 30.3 Å². The molecule has 35 heavy (non-hydrogen) atoms. The van der Waals surface area contributed by atoms with E-state index in [1.54, 1.807) is 30.3 Å². The van der Waals surface area contributed by atoms with E-state index < -0.39 is 15.9 Å². The molecule has 3 aromatic carbocycles. The first-order valence-electron chi connectivity index (χ1n) is 10.8. The zero-order valence-electron chi connectivity index (χ0n) is 19.2. The predicted octanol–water partition coefficient (Wildman–Crippen LogP) is 3.47. The first kappa shape index (κ1) is 24.0. The summed E-state index contributed by atoms with van der Waals surface area (Å²) in [6.07, 6.45) is 0. The fourth-order valence-corrected chi connectivity index (χ4v) is 4.20. The molecule has 0 fully saturated rings. The second kappa shape index (κ2) is 9.98. The molecule has 0 saturated heterocycles. The average Bonchev–Trinajstić information content (AvgIpc) is 2.87. The van der Waals surface area contributed by atoms with Crippen LogP contribution >= 0.6 is 0 Å². The normalized spacial score (nSPS) is 11.3. The number of ether oxygens (including phenoxy) is 1. The van der Waals surface area contributed by atoms with Crippen LogP contribution in [0, 0.1) is 0 Å². The van der Waals surface area contributed by atoms with Crippen molar-refractivity contribution in [1.29, 1.82) is 0 Å². The van der Waals surface area contributed by atoms with Gasteiger partial charge in [-0.05, 0) is 30.7 Å². The molecule has 2 N–H and O–H groups in total. The number of rotatable bonds is 8. The summed E-state index contributed by atoms with van der Waals surface area (Å²) >= 11 is 0. The van der Waals surface area contributed by atoms with Crippen molar-refractivity contribution in [1.82, 2.24) is 9.78 Å². The second-order valence-corrected chi connectivity index (χ2v) is 9.73. The molecule has 0 bridgehead atoms. The van der Waals surface area contributed by atoms with Crippen LogP contribution in [-0.4, -0.2) is 37.0 Å². The summed E-state index contributed by atoms with van der Waals surface area (Å²) in [7, 11) is -2.10. The summed E-state index contributed by atoms with van der Waals surface area (Å²) in [5.74, 6) is -0.370. The molecule has 0 aliphatic heterocycles. The van der Waals surface area contributed by atoms with E-state index >= 15 is 0 Å². The lowest BCUT2D eigenvalue weighted by Gasteiger charge is -2.14. The maximum absolute atomic E-state index is 13.3. The topological polar surface area (TPSA) is 119 Å². The molecule has 10 heteroatoms. The van der Waals surface area contributed by atoms with E-state index in [9.17, 15) is 18.0 Å². The molecule has 0 aliphatic rings. The van der Waals surface area contributed by atoms with E-state index in [4.69, 9.17) is 4.74 Å². The van der Waals surface area contributed by atoms with Crippen molar-refractivity contribution < 1.29 is 17.9 Å². The SMILES string of the molecule is CCS(=O)(=O)Nc1ccc(NC(=O)c2nn(Cc3ccccc3)c(=O)c3ccccc23)cc1OC. The molecule has 1 heterocycles. The first-order chi connectivity index (χ1) is 16.8. The van der Waals surface area contributed by atoms with Crippen molar-refractivity contribution in [3.8, 4) is 5.75 Å². The van der Waals surface area contributed by atoms with Gasteiger partial charge >= 0.3 is 0 Å². The number of sulfonamides is 1. The third-order valence-corrected chi connectivity index (χ3v) is 6.65. The highest BCUT2D eigenvalue weighted by atomic mass is 32.2. The molecule has 4 rings (SSSR count). The summed E-state index contributed by atoms with van der Waals surface area (Å²) < 4.78 is 32.9. The van der Waals surface area contributed by atoms with Gasteiger partial charge in [0.15, 0.2) is 5.69 Å². The van der Waals surface area contributed by atoms with Crippen LogP contribution in [0.5, 0.6) is 5.75 Å². The van der Waals surface area contributed by atoms with Gasteiger partial charge in [0.25, 0.3) is 11.5 Å². The minimum atomic E-state index is -3.50. The summed E-state index contributed by atoms with van der Waals surface area (Å²) in [5, 5.41) is 7.96. The van der Waals surface area contributed by atoms with Crippen LogP contribution in [0.4, 0.5) is 11.4 Å². The third-order valence-electron chi connectivity index (χ3n) is 5.36. The Morgan fingerprint density at radius 1 is 1.00 bits per heavy atom. The first-order valence-corrected chi connectivity index (χ1v) is 12.5. The lowest BCUT2D eigenvalue weighted by Crippen LogP contribution is -2.28. The van der Waals surface area contributed by atoms with Crippen molar-refractivity contribution in [3.63, 3.8) is 0 Å². The molecule has 9 nitrogen and oxygen atoms in total. The fraction of sp³-hybridized carbons (Fsp3) is 0.160. The van der Waals surface area contributed by atoms with Crippen molar-refractivity contribution in [2.45, 2.75) is 13.5 Å². The van der Waals surface area contributed by atoms with Gasteiger partial charge in [-0.25, -0.2) is 13.1 Å². The summed E-state index contributed by atoms with van der Waals surface area (Å²) in [4.78, 5) is 26.3. The van der Waals surface area contributed by atoms with Crippen LogP contribution in [0.3, 0.4) is 0 Å². The molecule has 1 amide bonds. The van der Waals surface area contributed by atoms with Crippen LogP contribution in [0.2, 0.25) is 0 Å². The highest BCUT2D eigenvalue weighted by Gasteiger charge is 2.18. The lowest BCUT2D eigenvalue weighted by molar-refractivity contribution is 0.102. The maximum Gasteiger partial charge on any atom is 0.276 e. The van der Waals surface area contributed by atoms with Gasteiger partial charge < -0.3 is 10.1 Å². The average molecular weight is 493 g/mol. The zero-order chi connectivity index (χ0) is 25.0. The van der Waals surface area contributed by atoms with Gasteiger partial charge in [0.2, 0.25) is 10.0 Å². The molecule has 0 radical (unpaired) electrons. The van der Waals surface area contributed by atoms with Crippen LogP contribution < -0.4 is 20.3 Å². The van der Waals surface area contributed by atoms with Crippen LogP contribution in [0.25, 0.3) is 10.8 Å². The molecule has 0 aliphatic carbocycles. The van der Waals surface area contributed by atoms with Gasteiger partial charge in [0.05, 0.1) is 30.5 Å². The number of aromatic nitrogens is 2. The number of fused-ring (bicyclic) bond motifs is 1. The molecule has 0 atom stereocenters. The summed E-state index contributed by atoms with van der Waals surface area (Å²) in [6, 6.07) is 20.7. The van der Waals surface area contributed by atoms with Crippen molar-refractivity contribution in [2.24, 2.45) is 0 Å². The van der Waals surface area contributed by atoms with Gasteiger partial charge in [-0.1, -0.05) is 48.5 Å². The summed E-state index contributed by atoms with van der Waals surface area (Å²) in [5.41, 5.74) is 1.30. The Balaban J connectivity index is 1.69. The molecule has 1 aromatic heterocycles. The summed E-state index contributed by atoms with van der Waals surface area (Å²) in [6.45, 7) is 1.74. The number of nitrogens with one attached hydrogen (secondary N) is 2. The number of amides is 1. The molecule has 0 saturated carbocycles. The van der Waals surface area contributed by atoms with Crippen molar-refractivity contribution in [2.75, 3.05) is 22.9 Å². The highest BCUT2D eigenvalue weighted by Crippen LogP contribution is 2.29. The second-order valence-electron chi connectivity index (χ2n) is 7.72. The zero-order valence-corrected chi connectivity index (χ0v) is 20.0. The number of carbonyl (C=O) groups excluding carboxylic acids is 1. The Labute approximate surface area is 202 Å². The van der Waals surface area contributed by atoms with E-state index in [-0.39, 0.29) is 35.0 Å². The van der Waals surface area contributed by atoms with Gasteiger partial charge in [0.1, 0.15) is 5.75 Å². The Hall–Kier alpha value is -4.18. The van der Waals surface area contributed by atoms with Gasteiger partial charge in [-0.3, -0.25) is 14.3 Å². The largest absolute Gasteiger partial charge is 0.494 e. The van der Waals surface area contributed by atoms with Crippen LogP contribution in [-0.2, 0) is 16.6 Å². The van der Waals surface area contributed by atoms with Crippen molar-refractivity contribution >= 4 is 38.1 Å². The smallest absolute Gasteiger partial charge is 0.276 e. The van der Waals surface area contributed by atoms with Crippen molar-refractivity contribution in [3.05, 3.63) is 94.4 Å². The standard InChI is InChI=1S/C25H24N4O5S/c1-3-35(32,33)28-21-14-13-18(15-22(21)34-2)26-24(30)23-19-11-7-8-12-20(19)25(31)29(27-23)16-17-9-5-4-6-10-17/h4-15,28H,3,16H2,1-2H3,(H,26,30). The highest BCUT2D eigenvalue weighted by molar-refractivity contribution is 7.92. The maximum atomic E-state index is 13.3. The molecule has 180 valence electrons. The Bertz CT molecular complexity index is 1550. The number of methoxy groups -OCH3 is 1. The van der Waals surface area contributed by atoms with Gasteiger partial charge in [0, 0.05) is 17.1 Å². The molecule has 4 aromatic rings. The lowest BCUT2D eigenvalue weighted by atomic mass is 10.1. The number of anilines is 2. The van der Waals surface area contributed by atoms with E-state index in [2.05, 4.69) is 15.1 Å².